The van der Waals surface area contributed by atoms with E-state index in [1.54, 1.807) is 0 Å². The standard InChI is InChI=1S/C42H49BN4/c1-24-18-27-26-12-11-13-33(46-44)38(26)45-43-32-21-29-31(42(9,10)17-15-40(29,5)6)23-35(32)47(36(19-24)37(27)43)34-22-30-28(20-25(34)2)39(3,4)14-16-41(30,7)8/h11-13,18-23,44-45H,14-17H2,1-10H3. The molecule has 4 aliphatic rings. The van der Waals surface area contributed by atoms with Crippen molar-refractivity contribution in [2.75, 3.05) is 10.1 Å². The highest BCUT2D eigenvalue weighted by Gasteiger charge is 2.46. The van der Waals surface area contributed by atoms with Gasteiger partial charge in [0.2, 0.25) is 0 Å². The van der Waals surface area contributed by atoms with Gasteiger partial charge in [-0.05, 0) is 135 Å². The lowest BCUT2D eigenvalue weighted by Gasteiger charge is -2.47. The third kappa shape index (κ3) is 4.27. The van der Waals surface area contributed by atoms with Crippen molar-refractivity contribution in [2.45, 2.75) is 117 Å². The summed E-state index contributed by atoms with van der Waals surface area (Å²) < 4.78 is 0. The number of anilines is 4. The van der Waals surface area contributed by atoms with E-state index >= 15 is 0 Å². The van der Waals surface area contributed by atoms with Crippen molar-refractivity contribution in [1.82, 2.24) is 0 Å². The van der Waals surface area contributed by atoms with Crippen LogP contribution in [-0.2, 0) is 21.7 Å². The SMILES string of the molecule is Cc1cc2c3c(c1)N(c1cc4c(cc1C)C(C)(C)CCC4(C)C)c1cc4c(cc1B3Nc1c(N=N)cccc1-2)C(C)(C)CCC4(C)C. The van der Waals surface area contributed by atoms with Crippen LogP contribution in [0.25, 0.3) is 11.1 Å². The molecule has 4 nitrogen and oxygen atoms in total. The minimum absolute atomic E-state index is 0.0401. The van der Waals surface area contributed by atoms with E-state index in [1.165, 1.54) is 92.6 Å². The highest BCUT2D eigenvalue weighted by Crippen LogP contribution is 2.53. The second-order valence-electron chi connectivity index (χ2n) is 17.6. The van der Waals surface area contributed by atoms with Crippen molar-refractivity contribution in [2.24, 2.45) is 5.11 Å². The molecular formula is C42H49BN4. The molecule has 0 bridgehead atoms. The Morgan fingerprint density at radius 1 is 0.660 bits per heavy atom. The Hall–Kier alpha value is -3.86. The van der Waals surface area contributed by atoms with Crippen LogP contribution in [0.5, 0.6) is 0 Å². The van der Waals surface area contributed by atoms with Crippen molar-refractivity contribution in [3.63, 3.8) is 0 Å². The van der Waals surface area contributed by atoms with Crippen LogP contribution in [0.3, 0.4) is 0 Å². The van der Waals surface area contributed by atoms with Gasteiger partial charge in [0.15, 0.2) is 0 Å². The minimum Gasteiger partial charge on any atom is -0.418 e. The summed E-state index contributed by atoms with van der Waals surface area (Å²) in [7, 11) is 0. The van der Waals surface area contributed by atoms with Gasteiger partial charge < -0.3 is 10.1 Å². The fourth-order valence-corrected chi connectivity index (χ4v) is 9.33. The maximum absolute atomic E-state index is 8.04. The third-order valence-electron chi connectivity index (χ3n) is 12.5. The van der Waals surface area contributed by atoms with Crippen LogP contribution in [0.2, 0.25) is 0 Å². The van der Waals surface area contributed by atoms with Crippen LogP contribution in [0.15, 0.2) is 59.7 Å². The van der Waals surface area contributed by atoms with Gasteiger partial charge in [0.25, 0.3) is 0 Å². The fourth-order valence-electron chi connectivity index (χ4n) is 9.33. The minimum atomic E-state index is -0.0401. The van der Waals surface area contributed by atoms with E-state index in [9.17, 15) is 0 Å². The van der Waals surface area contributed by atoms with E-state index in [1.807, 2.05) is 12.1 Å². The average molecular weight is 621 g/mol. The molecule has 0 amide bonds. The summed E-state index contributed by atoms with van der Waals surface area (Å²) in [4.78, 5) is 2.62. The lowest BCUT2D eigenvalue weighted by Crippen LogP contribution is -2.58. The molecule has 4 aromatic carbocycles. The molecule has 0 saturated heterocycles. The van der Waals surface area contributed by atoms with E-state index in [0.717, 1.165) is 11.3 Å². The molecule has 2 aliphatic heterocycles. The molecule has 2 heterocycles. The third-order valence-corrected chi connectivity index (χ3v) is 12.5. The van der Waals surface area contributed by atoms with Crippen LogP contribution < -0.4 is 21.1 Å². The first kappa shape index (κ1) is 30.5. The van der Waals surface area contributed by atoms with E-state index in [0.29, 0.717) is 5.69 Å². The Morgan fingerprint density at radius 2 is 1.21 bits per heavy atom. The largest absolute Gasteiger partial charge is 0.418 e. The van der Waals surface area contributed by atoms with E-state index in [4.69, 9.17) is 5.53 Å². The van der Waals surface area contributed by atoms with Crippen LogP contribution in [0.4, 0.5) is 28.4 Å². The molecule has 240 valence electrons. The molecule has 0 radical (unpaired) electrons. The first-order valence-electron chi connectivity index (χ1n) is 17.6. The quantitative estimate of drug-likeness (QED) is 0.173. The van der Waals surface area contributed by atoms with Gasteiger partial charge in [-0.3, -0.25) is 0 Å². The number of fused-ring (bicyclic) bond motifs is 6. The Labute approximate surface area is 282 Å². The van der Waals surface area contributed by atoms with Crippen LogP contribution in [-0.4, -0.2) is 6.85 Å². The van der Waals surface area contributed by atoms with Gasteiger partial charge >= 0.3 is 6.85 Å². The number of hydrogen-bond acceptors (Lipinski definition) is 4. The molecule has 4 aromatic rings. The Bertz CT molecular complexity index is 2030. The molecule has 0 aromatic heterocycles. The Morgan fingerprint density at radius 3 is 1.81 bits per heavy atom. The number of para-hydroxylation sites is 1. The van der Waals surface area contributed by atoms with Crippen molar-refractivity contribution in [3.8, 4) is 11.1 Å². The van der Waals surface area contributed by atoms with Crippen LogP contribution in [0.1, 0.15) is 114 Å². The molecule has 0 unspecified atom stereocenters. The van der Waals surface area contributed by atoms with Gasteiger partial charge in [0, 0.05) is 22.6 Å². The average Bonchev–Trinajstić information content (AvgIpc) is 3.01. The number of aryl methyl sites for hydroxylation is 2. The summed E-state index contributed by atoms with van der Waals surface area (Å²) in [5, 5.41) is 7.94. The number of nitrogens with zero attached hydrogens (tertiary/aromatic N) is 2. The number of benzene rings is 4. The number of rotatable bonds is 2. The zero-order chi connectivity index (χ0) is 33.4. The summed E-state index contributed by atoms with van der Waals surface area (Å²) >= 11 is 0. The highest BCUT2D eigenvalue weighted by atomic mass is 15.2. The molecule has 0 fully saturated rings. The van der Waals surface area contributed by atoms with Crippen LogP contribution >= 0.6 is 0 Å². The predicted molar refractivity (Wildman–Crippen MR) is 200 cm³/mol. The summed E-state index contributed by atoms with van der Waals surface area (Å²) in [6.45, 7) is 23.9. The lowest BCUT2D eigenvalue weighted by atomic mass is 9.44. The van der Waals surface area contributed by atoms with Gasteiger partial charge in [-0.2, -0.15) is 5.11 Å². The second-order valence-corrected chi connectivity index (χ2v) is 17.6. The van der Waals surface area contributed by atoms with Gasteiger partial charge in [-0.1, -0.05) is 85.7 Å². The van der Waals surface area contributed by atoms with Crippen molar-refractivity contribution < 1.29 is 0 Å². The van der Waals surface area contributed by atoms with Crippen molar-refractivity contribution in [1.29, 1.82) is 5.53 Å². The lowest BCUT2D eigenvalue weighted by molar-refractivity contribution is 0.331. The second kappa shape index (κ2) is 9.61. The molecule has 5 heteroatoms. The van der Waals surface area contributed by atoms with E-state index in [2.05, 4.69) is 127 Å². The predicted octanol–water partition coefficient (Wildman–Crippen LogP) is 10.6. The van der Waals surface area contributed by atoms with Gasteiger partial charge in [-0.15, -0.1) is 0 Å². The zero-order valence-corrected chi connectivity index (χ0v) is 30.0. The first-order chi connectivity index (χ1) is 22.0. The molecule has 2 aliphatic carbocycles. The topological polar surface area (TPSA) is 51.5 Å². The summed E-state index contributed by atoms with van der Waals surface area (Å²) in [6.07, 6.45) is 4.75. The molecule has 0 saturated carbocycles. The number of hydrogen-bond donors (Lipinski definition) is 2. The summed E-state index contributed by atoms with van der Waals surface area (Å²) in [6, 6.07) is 21.1. The smallest absolute Gasteiger partial charge is 0.325 e. The molecule has 0 atom stereocenters. The Kier molecular flexibility index (Phi) is 6.23. The van der Waals surface area contributed by atoms with Crippen molar-refractivity contribution in [3.05, 3.63) is 88.0 Å². The summed E-state index contributed by atoms with van der Waals surface area (Å²) in [5.41, 5.74) is 27.5. The molecule has 0 spiro atoms. The fraction of sp³-hybridized carbons (Fsp3) is 0.429. The molecular weight excluding hydrogens is 571 g/mol. The molecule has 8 rings (SSSR count). The molecule has 2 N–H and O–H groups in total. The first-order valence-corrected chi connectivity index (χ1v) is 17.6. The highest BCUT2D eigenvalue weighted by molar-refractivity contribution is 6.92. The zero-order valence-electron chi connectivity index (χ0n) is 30.0. The van der Waals surface area contributed by atoms with E-state index < -0.39 is 0 Å². The van der Waals surface area contributed by atoms with Crippen molar-refractivity contribution >= 4 is 46.2 Å². The maximum atomic E-state index is 8.04. The monoisotopic (exact) mass is 620 g/mol. The maximum Gasteiger partial charge on any atom is 0.325 e. The van der Waals surface area contributed by atoms with Gasteiger partial charge in [-0.25, -0.2) is 5.53 Å². The summed E-state index contributed by atoms with van der Waals surface area (Å²) in [5.74, 6) is 0. The van der Waals surface area contributed by atoms with Gasteiger partial charge in [0.1, 0.15) is 5.69 Å². The van der Waals surface area contributed by atoms with E-state index in [-0.39, 0.29) is 28.5 Å². The Balaban J connectivity index is 1.49. The van der Waals surface area contributed by atoms with Gasteiger partial charge in [0.05, 0.1) is 5.69 Å². The number of nitrogens with one attached hydrogen (secondary N) is 2. The molecule has 47 heavy (non-hydrogen) atoms. The van der Waals surface area contributed by atoms with Crippen LogP contribution in [0, 0.1) is 19.4 Å². The normalized spacial score (nSPS) is 20.2.